The first-order valence-corrected chi connectivity index (χ1v) is 9.63. The van der Waals surface area contributed by atoms with E-state index in [0.29, 0.717) is 6.42 Å². The minimum Gasteiger partial charge on any atom is -0.508 e. The van der Waals surface area contributed by atoms with Crippen LogP contribution < -0.4 is 0 Å². The lowest BCUT2D eigenvalue weighted by Gasteiger charge is -2.25. The second kappa shape index (κ2) is 10.3. The van der Waals surface area contributed by atoms with Gasteiger partial charge >= 0.3 is 17.9 Å². The van der Waals surface area contributed by atoms with E-state index in [0.717, 1.165) is 5.56 Å². The van der Waals surface area contributed by atoms with Crippen molar-refractivity contribution in [2.45, 2.75) is 72.0 Å². The second-order valence-corrected chi connectivity index (χ2v) is 8.86. The van der Waals surface area contributed by atoms with Crippen LogP contribution in [-0.4, -0.2) is 40.8 Å². The van der Waals surface area contributed by atoms with E-state index in [1.807, 2.05) is 0 Å². The topological polar surface area (TPSA) is 99.1 Å². The number of rotatable bonds is 8. The number of benzene rings is 1. The Hall–Kier alpha value is -2.57. The summed E-state index contributed by atoms with van der Waals surface area (Å²) in [6, 6.07) is 6.57. The molecule has 7 nitrogen and oxygen atoms in total. The molecule has 1 aromatic rings. The third-order valence-electron chi connectivity index (χ3n) is 3.58. The molecule has 0 saturated carbocycles. The molecule has 0 fully saturated rings. The lowest BCUT2D eigenvalue weighted by molar-refractivity contribution is -0.169. The van der Waals surface area contributed by atoms with E-state index in [9.17, 15) is 19.5 Å². The molecule has 1 rings (SSSR count). The van der Waals surface area contributed by atoms with Gasteiger partial charge in [0, 0.05) is 6.42 Å². The number of phenolic OH excluding ortho intramolecular Hbond substituents is 1. The highest BCUT2D eigenvalue weighted by atomic mass is 16.6. The fraction of sp³-hybridized carbons (Fsp3) is 0.591. The molecular formula is C22H32O7. The van der Waals surface area contributed by atoms with E-state index < -0.39 is 35.0 Å². The number of carbonyl (C=O) groups excluding carboxylic acids is 3. The van der Waals surface area contributed by atoms with E-state index in [1.54, 1.807) is 65.8 Å². The van der Waals surface area contributed by atoms with Gasteiger partial charge in [-0.1, -0.05) is 12.1 Å². The fourth-order valence-electron chi connectivity index (χ4n) is 2.41. The first kappa shape index (κ1) is 24.5. The number of hydrogen-bond donors (Lipinski definition) is 1. The molecule has 0 heterocycles. The highest BCUT2D eigenvalue weighted by molar-refractivity contribution is 5.84. The van der Waals surface area contributed by atoms with Gasteiger partial charge in [-0.3, -0.25) is 14.4 Å². The van der Waals surface area contributed by atoms with Crippen molar-refractivity contribution in [3.05, 3.63) is 29.8 Å². The molecule has 0 aliphatic carbocycles. The summed E-state index contributed by atoms with van der Waals surface area (Å²) in [4.78, 5) is 36.8. The Bertz CT molecular complexity index is 693. The van der Waals surface area contributed by atoms with Crippen molar-refractivity contribution in [2.24, 2.45) is 5.92 Å². The Balaban J connectivity index is 2.66. The summed E-state index contributed by atoms with van der Waals surface area (Å²) in [5.74, 6) is -2.63. The summed E-state index contributed by atoms with van der Waals surface area (Å²) in [6.07, 6.45) is -0.0713. The zero-order valence-electron chi connectivity index (χ0n) is 18.1. The molecule has 0 amide bonds. The molecule has 7 heteroatoms. The van der Waals surface area contributed by atoms with Gasteiger partial charge in [0.1, 0.15) is 17.0 Å². The van der Waals surface area contributed by atoms with Crippen LogP contribution in [0.5, 0.6) is 5.75 Å². The van der Waals surface area contributed by atoms with Crippen LogP contribution in [0.4, 0.5) is 0 Å². The maximum absolute atomic E-state index is 12.5. The zero-order chi connectivity index (χ0) is 22.2. The molecule has 1 atom stereocenters. The normalized spacial score (nSPS) is 12.8. The molecule has 0 aromatic heterocycles. The van der Waals surface area contributed by atoms with Crippen molar-refractivity contribution in [3.8, 4) is 5.75 Å². The van der Waals surface area contributed by atoms with Gasteiger partial charge in [-0.25, -0.2) is 0 Å². The molecule has 162 valence electrons. The molecule has 0 spiro atoms. The number of esters is 3. The maximum Gasteiger partial charge on any atom is 0.310 e. The average Bonchev–Trinajstić information content (AvgIpc) is 2.52. The number of carbonyl (C=O) groups is 3. The Kier molecular flexibility index (Phi) is 8.67. The number of hydrogen-bond acceptors (Lipinski definition) is 7. The van der Waals surface area contributed by atoms with Crippen LogP contribution in [0, 0.1) is 5.92 Å². The molecule has 0 radical (unpaired) electrons. The summed E-state index contributed by atoms with van der Waals surface area (Å²) in [5.41, 5.74) is -0.542. The number of ether oxygens (including phenoxy) is 3. The standard InChI is InChI=1S/C22H32O7/c1-21(2,3)28-19(25)14-16(20(26)29-22(4,5)6)13-18(24)27-12-11-15-7-9-17(23)10-8-15/h7-10,16,23H,11-14H2,1-6H3/t16-/m0/s1. The lowest BCUT2D eigenvalue weighted by Crippen LogP contribution is -2.33. The fourth-order valence-corrected chi connectivity index (χ4v) is 2.41. The van der Waals surface area contributed by atoms with Crippen molar-refractivity contribution in [2.75, 3.05) is 6.61 Å². The third-order valence-corrected chi connectivity index (χ3v) is 3.58. The number of phenols is 1. The molecule has 29 heavy (non-hydrogen) atoms. The van der Waals surface area contributed by atoms with Gasteiger partial charge in [0.2, 0.25) is 0 Å². The van der Waals surface area contributed by atoms with Gasteiger partial charge in [-0.2, -0.15) is 0 Å². The van der Waals surface area contributed by atoms with Gasteiger partial charge in [0.05, 0.1) is 25.4 Å². The molecule has 0 aliphatic heterocycles. The van der Waals surface area contributed by atoms with Crippen LogP contribution in [0.15, 0.2) is 24.3 Å². The van der Waals surface area contributed by atoms with Crippen molar-refractivity contribution in [1.29, 1.82) is 0 Å². The summed E-state index contributed by atoms with van der Waals surface area (Å²) in [6.45, 7) is 10.4. The predicted octanol–water partition coefficient (Wildman–Crippen LogP) is 3.56. The highest BCUT2D eigenvalue weighted by Crippen LogP contribution is 2.20. The summed E-state index contributed by atoms with van der Waals surface area (Å²) < 4.78 is 15.8. The van der Waals surface area contributed by atoms with E-state index in [1.165, 1.54) is 0 Å². The largest absolute Gasteiger partial charge is 0.508 e. The third kappa shape index (κ3) is 11.1. The average molecular weight is 408 g/mol. The van der Waals surface area contributed by atoms with Crippen LogP contribution in [0.25, 0.3) is 0 Å². The van der Waals surface area contributed by atoms with Gasteiger partial charge in [-0.05, 0) is 59.2 Å². The van der Waals surface area contributed by atoms with Crippen molar-refractivity contribution < 1.29 is 33.7 Å². The van der Waals surface area contributed by atoms with Crippen LogP contribution in [-0.2, 0) is 35.0 Å². The lowest BCUT2D eigenvalue weighted by atomic mass is 10.0. The van der Waals surface area contributed by atoms with Crippen molar-refractivity contribution >= 4 is 17.9 Å². The SMILES string of the molecule is CC(C)(C)OC(=O)C[C@H](CC(=O)OCCc1ccc(O)cc1)C(=O)OC(C)(C)C. The Labute approximate surface area is 172 Å². The van der Waals surface area contributed by atoms with Gasteiger partial charge in [-0.15, -0.1) is 0 Å². The van der Waals surface area contributed by atoms with Gasteiger partial charge in [0.15, 0.2) is 0 Å². The number of aromatic hydroxyl groups is 1. The van der Waals surface area contributed by atoms with Crippen LogP contribution in [0.2, 0.25) is 0 Å². The van der Waals surface area contributed by atoms with E-state index in [2.05, 4.69) is 0 Å². The summed E-state index contributed by atoms with van der Waals surface area (Å²) in [5, 5.41) is 9.28. The molecule has 0 aliphatic rings. The monoisotopic (exact) mass is 408 g/mol. The molecule has 0 saturated heterocycles. The quantitative estimate of drug-likeness (QED) is 0.519. The molecule has 1 N–H and O–H groups in total. The van der Waals surface area contributed by atoms with Crippen LogP contribution >= 0.6 is 0 Å². The van der Waals surface area contributed by atoms with Gasteiger partial charge < -0.3 is 19.3 Å². The molecule has 0 unspecified atom stereocenters. The molecule has 0 bridgehead atoms. The first-order valence-electron chi connectivity index (χ1n) is 9.63. The Morgan fingerprint density at radius 2 is 1.38 bits per heavy atom. The minimum absolute atomic E-state index is 0.122. The molecule has 1 aromatic carbocycles. The van der Waals surface area contributed by atoms with Crippen LogP contribution in [0.3, 0.4) is 0 Å². The maximum atomic E-state index is 12.5. The highest BCUT2D eigenvalue weighted by Gasteiger charge is 2.31. The minimum atomic E-state index is -0.981. The predicted molar refractivity (Wildman–Crippen MR) is 107 cm³/mol. The Morgan fingerprint density at radius 3 is 1.90 bits per heavy atom. The van der Waals surface area contributed by atoms with E-state index >= 15 is 0 Å². The summed E-state index contributed by atoms with van der Waals surface area (Å²) in [7, 11) is 0. The molecular weight excluding hydrogens is 376 g/mol. The van der Waals surface area contributed by atoms with E-state index in [4.69, 9.17) is 14.2 Å². The van der Waals surface area contributed by atoms with Crippen molar-refractivity contribution in [3.63, 3.8) is 0 Å². The Morgan fingerprint density at radius 1 is 0.862 bits per heavy atom. The summed E-state index contributed by atoms with van der Waals surface area (Å²) >= 11 is 0. The second-order valence-electron chi connectivity index (χ2n) is 8.86. The van der Waals surface area contributed by atoms with E-state index in [-0.39, 0.29) is 25.2 Å². The zero-order valence-corrected chi connectivity index (χ0v) is 18.1. The van der Waals surface area contributed by atoms with Crippen molar-refractivity contribution in [1.82, 2.24) is 0 Å². The first-order chi connectivity index (χ1) is 13.2. The smallest absolute Gasteiger partial charge is 0.310 e. The van der Waals surface area contributed by atoms with Crippen LogP contribution in [0.1, 0.15) is 59.9 Å². The van der Waals surface area contributed by atoms with Gasteiger partial charge in [0.25, 0.3) is 0 Å².